The van der Waals surface area contributed by atoms with Gasteiger partial charge in [-0.15, -0.1) is 0 Å². The Labute approximate surface area is 158 Å². The molecule has 1 heterocycles. The van der Waals surface area contributed by atoms with E-state index in [0.29, 0.717) is 28.1 Å². The van der Waals surface area contributed by atoms with Gasteiger partial charge in [0, 0.05) is 23.6 Å². The fourth-order valence-electron chi connectivity index (χ4n) is 2.21. The maximum absolute atomic E-state index is 12.8. The van der Waals surface area contributed by atoms with Crippen molar-refractivity contribution in [2.45, 2.75) is 6.42 Å². The number of aromatic nitrogens is 1. The number of rotatable bonds is 6. The Morgan fingerprint density at radius 1 is 1.12 bits per heavy atom. The predicted molar refractivity (Wildman–Crippen MR) is 94.7 cm³/mol. The topological polar surface area (TPSA) is 37.6 Å². The van der Waals surface area contributed by atoms with E-state index in [9.17, 15) is 4.79 Å². The number of hydrogen-bond acceptors (Lipinski definition) is 2. The number of carbonyl (C=O) groups is 1. The molecule has 1 aromatic carbocycles. The number of benzene rings is 1. The molecular weight excluding hydrogens is 369 g/mol. The first kappa shape index (κ1) is 20.7. The Morgan fingerprint density at radius 2 is 1.79 bits per heavy atom. The van der Waals surface area contributed by atoms with Crippen molar-refractivity contribution in [2.75, 3.05) is 32.1 Å². The molecule has 2 rings (SSSR count). The van der Waals surface area contributed by atoms with Crippen LogP contribution in [-0.4, -0.2) is 38.1 Å². The highest BCUT2D eigenvalue weighted by molar-refractivity contribution is 6.30. The summed E-state index contributed by atoms with van der Waals surface area (Å²) in [6.07, 6.45) is 0.871. The Hall–Kier alpha value is -1.33. The number of carbonyl (C=O) groups excluding carboxylic acids is 1. The van der Waals surface area contributed by atoms with Crippen molar-refractivity contribution in [1.82, 2.24) is 4.98 Å². The lowest BCUT2D eigenvalue weighted by Crippen LogP contribution is -3.05. The molecule has 4 nitrogen and oxygen atoms in total. The number of halogens is 3. The van der Waals surface area contributed by atoms with Crippen LogP contribution in [-0.2, 0) is 0 Å². The summed E-state index contributed by atoms with van der Waals surface area (Å²) in [5.41, 5.74) is 0.577. The molecule has 2 aromatic rings. The molecule has 0 radical (unpaired) electrons. The van der Waals surface area contributed by atoms with Crippen LogP contribution >= 0.6 is 23.2 Å². The van der Waals surface area contributed by atoms with Gasteiger partial charge in [0.25, 0.3) is 5.91 Å². The largest absolute Gasteiger partial charge is 1.00 e. The first-order valence-electron chi connectivity index (χ1n) is 7.46. The zero-order valence-electron chi connectivity index (χ0n) is 13.6. The number of anilines is 1. The van der Waals surface area contributed by atoms with E-state index in [1.54, 1.807) is 47.4 Å². The van der Waals surface area contributed by atoms with E-state index < -0.39 is 0 Å². The van der Waals surface area contributed by atoms with Crippen LogP contribution in [0.5, 0.6) is 0 Å². The van der Waals surface area contributed by atoms with Crippen molar-refractivity contribution in [3.05, 3.63) is 58.2 Å². The summed E-state index contributed by atoms with van der Waals surface area (Å²) in [4.78, 5) is 20.1. The molecule has 24 heavy (non-hydrogen) atoms. The Kier molecular flexibility index (Phi) is 8.50. The van der Waals surface area contributed by atoms with E-state index in [2.05, 4.69) is 19.1 Å². The third-order valence-electron chi connectivity index (χ3n) is 3.37. The molecule has 0 saturated heterocycles. The van der Waals surface area contributed by atoms with E-state index in [1.807, 2.05) is 0 Å². The van der Waals surface area contributed by atoms with Crippen molar-refractivity contribution >= 4 is 34.9 Å². The molecule has 0 aliphatic heterocycles. The van der Waals surface area contributed by atoms with Gasteiger partial charge in [-0.1, -0.05) is 29.3 Å². The lowest BCUT2D eigenvalue weighted by Gasteiger charge is -2.22. The summed E-state index contributed by atoms with van der Waals surface area (Å²) in [6, 6.07) is 12.1. The lowest BCUT2D eigenvalue weighted by molar-refractivity contribution is -0.858. The number of nitrogens with one attached hydrogen (secondary N) is 1. The molecule has 1 aromatic heterocycles. The first-order chi connectivity index (χ1) is 11.0. The second-order valence-electron chi connectivity index (χ2n) is 5.59. The fraction of sp³-hybridized carbons (Fsp3) is 0.294. The van der Waals surface area contributed by atoms with Crippen LogP contribution in [0.15, 0.2) is 42.5 Å². The molecule has 1 N–H and O–H groups in total. The maximum Gasteiger partial charge on any atom is 0.259 e. The fourth-order valence-corrected chi connectivity index (χ4v) is 2.49. The van der Waals surface area contributed by atoms with Gasteiger partial charge in [0.15, 0.2) is 0 Å². The minimum absolute atomic E-state index is 0. The molecule has 0 fully saturated rings. The van der Waals surface area contributed by atoms with Crippen LogP contribution in [0, 0.1) is 0 Å². The van der Waals surface area contributed by atoms with Gasteiger partial charge in [-0.2, -0.15) is 0 Å². The SMILES string of the molecule is C[NH+](C)CCCN(C(=O)c1ccc(Cl)cc1)c1cccc(Cl)n1.[Cl-]. The second-order valence-corrected chi connectivity index (χ2v) is 6.42. The number of pyridine rings is 1. The third kappa shape index (κ3) is 5.95. The quantitative estimate of drug-likeness (QED) is 0.682. The minimum atomic E-state index is -0.106. The highest BCUT2D eigenvalue weighted by Gasteiger charge is 2.19. The Bertz CT molecular complexity index is 662. The van der Waals surface area contributed by atoms with Gasteiger partial charge in [-0.25, -0.2) is 4.98 Å². The van der Waals surface area contributed by atoms with Crippen LogP contribution in [0.25, 0.3) is 0 Å². The molecule has 0 saturated carbocycles. The first-order valence-corrected chi connectivity index (χ1v) is 8.22. The van der Waals surface area contributed by atoms with Crippen molar-refractivity contribution in [1.29, 1.82) is 0 Å². The Balaban J connectivity index is 0.00000288. The van der Waals surface area contributed by atoms with Crippen molar-refractivity contribution in [2.24, 2.45) is 0 Å². The van der Waals surface area contributed by atoms with Crippen LogP contribution < -0.4 is 22.2 Å². The van der Waals surface area contributed by atoms with E-state index in [1.165, 1.54) is 4.90 Å². The average Bonchev–Trinajstić information content (AvgIpc) is 2.51. The summed E-state index contributed by atoms with van der Waals surface area (Å²) >= 11 is 11.9. The molecule has 0 spiro atoms. The number of nitrogens with zero attached hydrogens (tertiary/aromatic N) is 2. The summed E-state index contributed by atoms with van der Waals surface area (Å²) in [5, 5.41) is 0.972. The average molecular weight is 389 g/mol. The number of hydrogen-bond donors (Lipinski definition) is 1. The zero-order valence-corrected chi connectivity index (χ0v) is 15.9. The second kappa shape index (κ2) is 9.84. The standard InChI is InChI=1S/C17H19Cl2N3O.ClH/c1-21(2)11-4-12-22(16-6-3-5-15(19)20-16)17(23)13-7-9-14(18)10-8-13;/h3,5-10H,4,11-12H2,1-2H3;1H. The third-order valence-corrected chi connectivity index (χ3v) is 3.83. The summed E-state index contributed by atoms with van der Waals surface area (Å²) in [7, 11) is 4.17. The van der Waals surface area contributed by atoms with Gasteiger partial charge in [0.2, 0.25) is 0 Å². The zero-order chi connectivity index (χ0) is 16.8. The van der Waals surface area contributed by atoms with Crippen LogP contribution in [0.4, 0.5) is 5.82 Å². The number of amides is 1. The van der Waals surface area contributed by atoms with Gasteiger partial charge >= 0.3 is 0 Å². The van der Waals surface area contributed by atoms with E-state index in [-0.39, 0.29) is 18.3 Å². The van der Waals surface area contributed by atoms with Crippen molar-refractivity contribution in [3.63, 3.8) is 0 Å². The van der Waals surface area contributed by atoms with Gasteiger partial charge in [-0.05, 0) is 36.4 Å². The Morgan fingerprint density at radius 3 is 2.38 bits per heavy atom. The van der Waals surface area contributed by atoms with Crippen molar-refractivity contribution in [3.8, 4) is 0 Å². The van der Waals surface area contributed by atoms with Crippen LogP contribution in [0.3, 0.4) is 0 Å². The lowest BCUT2D eigenvalue weighted by atomic mass is 10.2. The molecule has 0 unspecified atom stereocenters. The molecule has 1 amide bonds. The highest BCUT2D eigenvalue weighted by atomic mass is 35.5. The molecule has 0 bridgehead atoms. The van der Waals surface area contributed by atoms with Crippen LogP contribution in [0.2, 0.25) is 10.2 Å². The molecule has 7 heteroatoms. The van der Waals surface area contributed by atoms with Crippen molar-refractivity contribution < 1.29 is 22.1 Å². The number of quaternary nitrogens is 1. The molecule has 0 aliphatic carbocycles. The normalized spacial score (nSPS) is 10.4. The monoisotopic (exact) mass is 387 g/mol. The molecule has 130 valence electrons. The molecule has 0 aliphatic rings. The van der Waals surface area contributed by atoms with Gasteiger partial charge in [0.05, 0.1) is 20.6 Å². The van der Waals surface area contributed by atoms with Gasteiger partial charge in [0.1, 0.15) is 11.0 Å². The summed E-state index contributed by atoms with van der Waals surface area (Å²) in [5.74, 6) is 0.455. The van der Waals surface area contributed by atoms with Crippen LogP contribution in [0.1, 0.15) is 16.8 Å². The smallest absolute Gasteiger partial charge is 0.259 e. The van der Waals surface area contributed by atoms with E-state index in [0.717, 1.165) is 13.0 Å². The molecule has 0 atom stereocenters. The minimum Gasteiger partial charge on any atom is -1.00 e. The predicted octanol–water partition coefficient (Wildman–Crippen LogP) is -0.426. The van der Waals surface area contributed by atoms with E-state index in [4.69, 9.17) is 23.2 Å². The molecular formula is C17H20Cl3N3O. The van der Waals surface area contributed by atoms with E-state index >= 15 is 0 Å². The summed E-state index contributed by atoms with van der Waals surface area (Å²) in [6.45, 7) is 1.55. The highest BCUT2D eigenvalue weighted by Crippen LogP contribution is 2.19. The van der Waals surface area contributed by atoms with Gasteiger partial charge < -0.3 is 17.3 Å². The van der Waals surface area contributed by atoms with Gasteiger partial charge in [-0.3, -0.25) is 9.69 Å². The summed E-state index contributed by atoms with van der Waals surface area (Å²) < 4.78 is 0. The maximum atomic E-state index is 12.8.